The van der Waals surface area contributed by atoms with Gasteiger partial charge in [-0.15, -0.1) is 0 Å². The molecule has 0 saturated heterocycles. The van der Waals surface area contributed by atoms with E-state index in [-0.39, 0.29) is 12.3 Å². The molecular weight excluding hydrogens is 411 g/mol. The zero-order valence-corrected chi connectivity index (χ0v) is 16.3. The molecule has 2 aromatic carbocycles. The first-order valence-electron chi connectivity index (χ1n) is 8.05. The van der Waals surface area contributed by atoms with Gasteiger partial charge in [0, 0.05) is 16.5 Å². The maximum absolute atomic E-state index is 12.3. The highest BCUT2D eigenvalue weighted by atomic mass is 35.5. The Balaban J connectivity index is 1.55. The fourth-order valence-corrected chi connectivity index (χ4v) is 3.00. The fraction of sp³-hybridized carbons (Fsp3) is 0.167. The summed E-state index contributed by atoms with van der Waals surface area (Å²) >= 11 is 17.9. The van der Waals surface area contributed by atoms with Crippen LogP contribution in [0.2, 0.25) is 15.1 Å². The lowest BCUT2D eigenvalue weighted by molar-refractivity contribution is -0.116. The van der Waals surface area contributed by atoms with E-state index in [9.17, 15) is 4.79 Å². The molecule has 1 amide bonds. The Morgan fingerprint density at radius 1 is 1.11 bits per heavy atom. The van der Waals surface area contributed by atoms with Crippen LogP contribution in [0, 0.1) is 0 Å². The summed E-state index contributed by atoms with van der Waals surface area (Å²) in [6, 6.07) is 10.1. The van der Waals surface area contributed by atoms with Crippen molar-refractivity contribution in [2.75, 3.05) is 11.9 Å². The summed E-state index contributed by atoms with van der Waals surface area (Å²) in [6.45, 7) is 0.347. The van der Waals surface area contributed by atoms with Crippen molar-refractivity contribution in [1.82, 2.24) is 14.8 Å². The van der Waals surface area contributed by atoms with Crippen LogP contribution in [0.4, 0.5) is 5.69 Å². The largest absolute Gasteiger partial charge is 0.492 e. The number of nitrogens with one attached hydrogen (secondary N) is 1. The predicted octanol–water partition coefficient (Wildman–Crippen LogP) is 5.03. The molecule has 1 N–H and O–H groups in total. The predicted molar refractivity (Wildman–Crippen MR) is 106 cm³/mol. The lowest BCUT2D eigenvalue weighted by Gasteiger charge is -2.12. The second kappa shape index (κ2) is 9.08. The van der Waals surface area contributed by atoms with Crippen LogP contribution in [-0.2, 0) is 4.79 Å². The topological polar surface area (TPSA) is 69.0 Å². The zero-order valence-electron chi connectivity index (χ0n) is 14.0. The first kappa shape index (κ1) is 19.5. The van der Waals surface area contributed by atoms with Crippen molar-refractivity contribution in [2.24, 2.45) is 0 Å². The third kappa shape index (κ3) is 5.35. The number of carbonyl (C=O) groups is 1. The number of rotatable bonds is 7. The molecule has 9 heteroatoms. The molecule has 3 aromatic rings. The molecule has 140 valence electrons. The van der Waals surface area contributed by atoms with E-state index < -0.39 is 0 Å². The van der Waals surface area contributed by atoms with E-state index >= 15 is 0 Å². The van der Waals surface area contributed by atoms with Crippen LogP contribution in [0.3, 0.4) is 0 Å². The molecule has 0 saturated carbocycles. The van der Waals surface area contributed by atoms with Crippen molar-refractivity contribution in [3.05, 3.63) is 64.1 Å². The first-order chi connectivity index (χ1) is 13.0. The summed E-state index contributed by atoms with van der Waals surface area (Å²) in [5, 5.41) is 8.40. The molecule has 0 aliphatic heterocycles. The average Bonchev–Trinajstić information content (AvgIpc) is 3.15. The van der Waals surface area contributed by atoms with Gasteiger partial charge in [0.2, 0.25) is 5.91 Å². The second-order valence-corrected chi connectivity index (χ2v) is 6.86. The second-order valence-electron chi connectivity index (χ2n) is 5.58. The molecule has 0 aliphatic rings. The van der Waals surface area contributed by atoms with Crippen LogP contribution in [0.1, 0.15) is 12.8 Å². The highest BCUT2D eigenvalue weighted by Gasteiger charge is 2.10. The van der Waals surface area contributed by atoms with Crippen LogP contribution >= 0.6 is 34.8 Å². The molecule has 0 unspecified atom stereocenters. The summed E-state index contributed by atoms with van der Waals surface area (Å²) in [4.78, 5) is 16.2. The van der Waals surface area contributed by atoms with E-state index in [1.807, 2.05) is 0 Å². The number of amides is 1. The molecule has 0 spiro atoms. The summed E-state index contributed by atoms with van der Waals surface area (Å²) in [6.07, 6.45) is 3.75. The van der Waals surface area contributed by atoms with E-state index in [1.54, 1.807) is 47.4 Å². The Hall–Kier alpha value is -2.28. The van der Waals surface area contributed by atoms with Crippen molar-refractivity contribution in [1.29, 1.82) is 0 Å². The number of anilines is 1. The highest BCUT2D eigenvalue weighted by molar-refractivity contribution is 6.35. The molecule has 0 radical (unpaired) electrons. The number of benzene rings is 2. The molecule has 0 atom stereocenters. The number of nitrogens with zero attached hydrogens (tertiary/aromatic N) is 3. The van der Waals surface area contributed by atoms with E-state index in [0.29, 0.717) is 45.2 Å². The minimum absolute atomic E-state index is 0.163. The summed E-state index contributed by atoms with van der Waals surface area (Å²) in [5.41, 5.74) is 1.23. The quantitative estimate of drug-likeness (QED) is 0.539. The van der Waals surface area contributed by atoms with Gasteiger partial charge in [0.05, 0.1) is 23.0 Å². The Labute approximate surface area is 171 Å². The van der Waals surface area contributed by atoms with Crippen LogP contribution in [0.15, 0.2) is 49.1 Å². The van der Waals surface area contributed by atoms with E-state index in [4.69, 9.17) is 39.5 Å². The van der Waals surface area contributed by atoms with Crippen LogP contribution in [-0.4, -0.2) is 27.3 Å². The minimum Gasteiger partial charge on any atom is -0.492 e. The molecule has 1 heterocycles. The Bertz CT molecular complexity index is 932. The van der Waals surface area contributed by atoms with Crippen molar-refractivity contribution >= 4 is 46.4 Å². The molecule has 27 heavy (non-hydrogen) atoms. The Morgan fingerprint density at radius 2 is 1.89 bits per heavy atom. The summed E-state index contributed by atoms with van der Waals surface area (Å²) < 4.78 is 7.13. The molecular formula is C18H15Cl3N4O2. The van der Waals surface area contributed by atoms with Gasteiger partial charge in [-0.25, -0.2) is 9.67 Å². The van der Waals surface area contributed by atoms with Gasteiger partial charge in [0.1, 0.15) is 18.4 Å². The molecule has 1 aromatic heterocycles. The first-order valence-corrected chi connectivity index (χ1v) is 9.18. The number of ether oxygens (including phenoxy) is 1. The van der Waals surface area contributed by atoms with E-state index in [1.165, 1.54) is 6.33 Å². The van der Waals surface area contributed by atoms with Gasteiger partial charge in [-0.05, 0) is 42.8 Å². The lowest BCUT2D eigenvalue weighted by Crippen LogP contribution is -2.14. The number of halogens is 3. The zero-order chi connectivity index (χ0) is 19.2. The standard InChI is InChI=1S/C18H15Cl3N4O2/c19-12-4-6-17(14(21)8-12)27-7-1-2-18(26)24-15-9-13(20)3-5-16(15)25-11-22-10-23-25/h3-6,8-11H,1-2,7H2,(H,24,26). The maximum Gasteiger partial charge on any atom is 0.224 e. The third-order valence-electron chi connectivity index (χ3n) is 3.60. The van der Waals surface area contributed by atoms with Crippen LogP contribution in [0.25, 0.3) is 5.69 Å². The summed E-state index contributed by atoms with van der Waals surface area (Å²) in [7, 11) is 0. The molecule has 3 rings (SSSR count). The monoisotopic (exact) mass is 424 g/mol. The highest BCUT2D eigenvalue weighted by Crippen LogP contribution is 2.28. The SMILES string of the molecule is O=C(CCCOc1ccc(Cl)cc1Cl)Nc1cc(Cl)ccc1-n1cncn1. The molecule has 6 nitrogen and oxygen atoms in total. The Kier molecular flexibility index (Phi) is 6.55. The minimum atomic E-state index is -0.163. The average molecular weight is 426 g/mol. The van der Waals surface area contributed by atoms with Gasteiger partial charge in [-0.3, -0.25) is 4.79 Å². The smallest absolute Gasteiger partial charge is 0.224 e. The van der Waals surface area contributed by atoms with Gasteiger partial charge < -0.3 is 10.1 Å². The van der Waals surface area contributed by atoms with Crippen molar-refractivity contribution in [3.63, 3.8) is 0 Å². The van der Waals surface area contributed by atoms with Gasteiger partial charge in [0.15, 0.2) is 0 Å². The third-order valence-corrected chi connectivity index (χ3v) is 4.36. The molecule has 0 bridgehead atoms. The van der Waals surface area contributed by atoms with Gasteiger partial charge in [-0.2, -0.15) is 5.10 Å². The van der Waals surface area contributed by atoms with Crippen molar-refractivity contribution in [2.45, 2.75) is 12.8 Å². The molecule has 0 aliphatic carbocycles. The van der Waals surface area contributed by atoms with E-state index in [0.717, 1.165) is 0 Å². The maximum atomic E-state index is 12.3. The summed E-state index contributed by atoms with van der Waals surface area (Å²) in [5.74, 6) is 0.370. The van der Waals surface area contributed by atoms with Crippen molar-refractivity contribution < 1.29 is 9.53 Å². The van der Waals surface area contributed by atoms with Crippen LogP contribution < -0.4 is 10.1 Å². The fourth-order valence-electron chi connectivity index (χ4n) is 2.36. The number of hydrogen-bond donors (Lipinski definition) is 1. The molecule has 0 fully saturated rings. The number of aromatic nitrogens is 3. The van der Waals surface area contributed by atoms with Gasteiger partial charge >= 0.3 is 0 Å². The van der Waals surface area contributed by atoms with E-state index in [2.05, 4.69) is 15.4 Å². The Morgan fingerprint density at radius 3 is 2.63 bits per heavy atom. The van der Waals surface area contributed by atoms with Crippen LogP contribution in [0.5, 0.6) is 5.75 Å². The normalized spacial score (nSPS) is 10.6. The lowest BCUT2D eigenvalue weighted by atomic mass is 10.2. The van der Waals surface area contributed by atoms with Crippen molar-refractivity contribution in [3.8, 4) is 11.4 Å². The van der Waals surface area contributed by atoms with Gasteiger partial charge in [0.25, 0.3) is 0 Å². The number of hydrogen-bond acceptors (Lipinski definition) is 4. The van der Waals surface area contributed by atoms with Gasteiger partial charge in [-0.1, -0.05) is 34.8 Å². The number of carbonyl (C=O) groups excluding carboxylic acids is 1.